The molecule has 4 fully saturated rings. The van der Waals surface area contributed by atoms with E-state index in [1.54, 1.807) is 0 Å². The summed E-state index contributed by atoms with van der Waals surface area (Å²) in [4.78, 5) is 12.5. The van der Waals surface area contributed by atoms with Crippen LogP contribution in [0.3, 0.4) is 0 Å². The Kier molecular flexibility index (Phi) is 6.04. The zero-order valence-electron chi connectivity index (χ0n) is 20.6. The zero-order chi connectivity index (χ0) is 22.8. The Balaban J connectivity index is 1.59. The predicted octanol–water partition coefficient (Wildman–Crippen LogP) is 5.78. The second-order valence-corrected chi connectivity index (χ2v) is 12.7. The fourth-order valence-corrected chi connectivity index (χ4v) is 9.24. The first kappa shape index (κ1) is 23.5. The monoisotopic (exact) mass is 430 g/mol. The van der Waals surface area contributed by atoms with Gasteiger partial charge in [-0.15, -0.1) is 0 Å². The number of hydrogen-bond donors (Lipinski definition) is 2. The van der Waals surface area contributed by atoms with E-state index in [0.29, 0.717) is 36.0 Å². The van der Waals surface area contributed by atoms with Gasteiger partial charge in [0.2, 0.25) is 0 Å². The Bertz CT molecular complexity index is 715. The lowest BCUT2D eigenvalue weighted by molar-refractivity contribution is -0.156. The van der Waals surface area contributed by atoms with Gasteiger partial charge in [-0.05, 0) is 92.3 Å². The number of rotatable bonds is 6. The molecule has 10 unspecified atom stereocenters. The molecule has 0 heterocycles. The first-order valence-corrected chi connectivity index (χ1v) is 13.0. The summed E-state index contributed by atoms with van der Waals surface area (Å²) in [6.45, 7) is 15.9. The highest BCUT2D eigenvalue weighted by atomic mass is 16.3. The first-order valence-electron chi connectivity index (χ1n) is 13.0. The van der Waals surface area contributed by atoms with Gasteiger partial charge in [-0.1, -0.05) is 46.8 Å². The molecule has 31 heavy (non-hydrogen) atoms. The average Bonchev–Trinajstić information content (AvgIpc) is 3.15. The number of aliphatic hydroxyl groups excluding tert-OH is 1. The van der Waals surface area contributed by atoms with E-state index in [-0.39, 0.29) is 22.7 Å². The number of carbonyl (C=O) groups excluding carboxylic acids is 1. The maximum absolute atomic E-state index is 12.5. The summed E-state index contributed by atoms with van der Waals surface area (Å²) in [6.07, 6.45) is 9.70. The van der Waals surface area contributed by atoms with Gasteiger partial charge in [0.05, 0.1) is 11.7 Å². The minimum absolute atomic E-state index is 0.234. The molecule has 0 radical (unpaired) electrons. The third-order valence-electron chi connectivity index (χ3n) is 11.3. The van der Waals surface area contributed by atoms with E-state index >= 15 is 0 Å². The Morgan fingerprint density at radius 1 is 1.10 bits per heavy atom. The SMILES string of the molecule is C=C(CCC(C)C1CCC2C3C(CCC12C)C1(C)CCC(O)CC1(O)C3C=O)C(C)C. The van der Waals surface area contributed by atoms with Crippen molar-refractivity contribution in [3.8, 4) is 0 Å². The van der Waals surface area contributed by atoms with Crippen LogP contribution in [0.25, 0.3) is 0 Å². The second kappa shape index (κ2) is 7.97. The molecular weight excluding hydrogens is 384 g/mol. The minimum Gasteiger partial charge on any atom is -0.393 e. The fourth-order valence-electron chi connectivity index (χ4n) is 9.24. The molecule has 4 rings (SSSR count). The molecule has 0 bridgehead atoms. The average molecular weight is 431 g/mol. The van der Waals surface area contributed by atoms with Crippen LogP contribution in [-0.2, 0) is 4.79 Å². The molecule has 3 nitrogen and oxygen atoms in total. The summed E-state index contributed by atoms with van der Waals surface area (Å²) in [5, 5.41) is 22.3. The Labute approximate surface area is 190 Å². The summed E-state index contributed by atoms with van der Waals surface area (Å²) in [5.74, 6) is 2.80. The Morgan fingerprint density at radius 2 is 1.81 bits per heavy atom. The van der Waals surface area contributed by atoms with Crippen LogP contribution in [0.1, 0.15) is 92.4 Å². The largest absolute Gasteiger partial charge is 0.393 e. The van der Waals surface area contributed by atoms with E-state index in [1.165, 1.54) is 31.3 Å². The van der Waals surface area contributed by atoms with Crippen molar-refractivity contribution in [2.24, 2.45) is 52.3 Å². The van der Waals surface area contributed by atoms with Crippen LogP contribution in [0, 0.1) is 52.3 Å². The molecular formula is C28H46O3. The van der Waals surface area contributed by atoms with Crippen LogP contribution in [0.4, 0.5) is 0 Å². The first-order chi connectivity index (χ1) is 14.5. The summed E-state index contributed by atoms with van der Waals surface area (Å²) in [5.41, 5.74) is 0.360. The molecule has 10 atom stereocenters. The number of allylic oxidation sites excluding steroid dienone is 1. The maximum atomic E-state index is 12.5. The van der Waals surface area contributed by atoms with Crippen LogP contribution < -0.4 is 0 Å². The summed E-state index contributed by atoms with van der Waals surface area (Å²) in [7, 11) is 0. The van der Waals surface area contributed by atoms with Crippen LogP contribution in [0.5, 0.6) is 0 Å². The van der Waals surface area contributed by atoms with Crippen LogP contribution in [0.2, 0.25) is 0 Å². The molecule has 3 heteroatoms. The lowest BCUT2D eigenvalue weighted by Gasteiger charge is -2.52. The van der Waals surface area contributed by atoms with E-state index < -0.39 is 11.7 Å². The van der Waals surface area contributed by atoms with E-state index in [2.05, 4.69) is 41.2 Å². The summed E-state index contributed by atoms with van der Waals surface area (Å²) in [6, 6.07) is 0. The molecule has 4 aliphatic carbocycles. The van der Waals surface area contributed by atoms with Gasteiger partial charge in [0.25, 0.3) is 0 Å². The number of carbonyl (C=O) groups is 1. The van der Waals surface area contributed by atoms with Crippen LogP contribution in [0.15, 0.2) is 12.2 Å². The third-order valence-corrected chi connectivity index (χ3v) is 11.3. The molecule has 0 spiro atoms. The predicted molar refractivity (Wildman–Crippen MR) is 125 cm³/mol. The molecule has 4 saturated carbocycles. The summed E-state index contributed by atoms with van der Waals surface area (Å²) >= 11 is 0. The van der Waals surface area contributed by atoms with Crippen LogP contribution in [-0.4, -0.2) is 28.2 Å². The molecule has 0 aliphatic heterocycles. The van der Waals surface area contributed by atoms with Gasteiger partial charge in [-0.3, -0.25) is 0 Å². The molecule has 2 N–H and O–H groups in total. The topological polar surface area (TPSA) is 57.5 Å². The normalized spacial score (nSPS) is 49.9. The lowest BCUT2D eigenvalue weighted by Crippen LogP contribution is -2.54. The van der Waals surface area contributed by atoms with Gasteiger partial charge >= 0.3 is 0 Å². The standard InChI is InChI=1S/C28H46O3/c1-17(2)18(3)7-8-19(4)21-9-10-22-25-23(12-13-26(21,22)5)27(6)14-11-20(30)15-28(27,31)24(25)16-29/h16-17,19-25,30-31H,3,7-15H2,1-2,4-6H3. The van der Waals surface area contributed by atoms with Crippen molar-refractivity contribution in [2.45, 2.75) is 104 Å². The van der Waals surface area contributed by atoms with Crippen molar-refractivity contribution < 1.29 is 15.0 Å². The van der Waals surface area contributed by atoms with Gasteiger partial charge < -0.3 is 15.0 Å². The summed E-state index contributed by atoms with van der Waals surface area (Å²) < 4.78 is 0. The highest BCUT2D eigenvalue weighted by molar-refractivity contribution is 5.59. The number of aldehydes is 1. The van der Waals surface area contributed by atoms with Gasteiger partial charge in [-0.25, -0.2) is 0 Å². The van der Waals surface area contributed by atoms with Crippen molar-refractivity contribution in [1.29, 1.82) is 0 Å². The molecule has 0 amide bonds. The van der Waals surface area contributed by atoms with Crippen molar-refractivity contribution >= 4 is 6.29 Å². The minimum atomic E-state index is -1.04. The Hall–Kier alpha value is -0.670. The van der Waals surface area contributed by atoms with Gasteiger partial charge in [-0.2, -0.15) is 0 Å². The van der Waals surface area contributed by atoms with Gasteiger partial charge in [0.1, 0.15) is 6.29 Å². The smallest absolute Gasteiger partial charge is 0.126 e. The van der Waals surface area contributed by atoms with Crippen molar-refractivity contribution in [3.63, 3.8) is 0 Å². The highest BCUT2D eigenvalue weighted by Gasteiger charge is 2.72. The number of fused-ring (bicyclic) bond motifs is 5. The number of hydrogen-bond acceptors (Lipinski definition) is 3. The molecule has 0 saturated heterocycles. The second-order valence-electron chi connectivity index (χ2n) is 12.7. The van der Waals surface area contributed by atoms with E-state index in [4.69, 9.17) is 0 Å². The van der Waals surface area contributed by atoms with Crippen molar-refractivity contribution in [3.05, 3.63) is 12.2 Å². The fraction of sp³-hybridized carbons (Fsp3) is 0.893. The van der Waals surface area contributed by atoms with Crippen molar-refractivity contribution in [1.82, 2.24) is 0 Å². The quantitative estimate of drug-likeness (QED) is 0.414. The highest BCUT2D eigenvalue weighted by Crippen LogP contribution is 2.72. The third kappa shape index (κ3) is 3.31. The molecule has 0 aromatic carbocycles. The van der Waals surface area contributed by atoms with Gasteiger partial charge in [0.15, 0.2) is 0 Å². The van der Waals surface area contributed by atoms with Crippen LogP contribution >= 0.6 is 0 Å². The van der Waals surface area contributed by atoms with E-state index in [1.807, 2.05) is 0 Å². The molecule has 176 valence electrons. The molecule has 0 aromatic rings. The van der Waals surface area contributed by atoms with E-state index in [0.717, 1.165) is 32.0 Å². The van der Waals surface area contributed by atoms with Crippen molar-refractivity contribution in [2.75, 3.05) is 0 Å². The molecule has 0 aromatic heterocycles. The number of aliphatic hydroxyl groups is 2. The maximum Gasteiger partial charge on any atom is 0.126 e. The lowest BCUT2D eigenvalue weighted by atomic mass is 9.53. The van der Waals surface area contributed by atoms with Gasteiger partial charge in [0, 0.05) is 17.8 Å². The molecule has 4 aliphatic rings. The van der Waals surface area contributed by atoms with E-state index in [9.17, 15) is 15.0 Å². The zero-order valence-corrected chi connectivity index (χ0v) is 20.6. The Morgan fingerprint density at radius 3 is 2.45 bits per heavy atom.